The van der Waals surface area contributed by atoms with E-state index < -0.39 is 51.5 Å². The maximum absolute atomic E-state index is 14.4. The number of aryl methyl sites for hydroxylation is 1. The van der Waals surface area contributed by atoms with E-state index in [2.05, 4.69) is 10.5 Å². The lowest BCUT2D eigenvalue weighted by Crippen LogP contribution is -2.54. The molecular formula is C31H21ClN4O6. The molecule has 42 heavy (non-hydrogen) atoms. The number of hydrazone groups is 1. The first-order valence-electron chi connectivity index (χ1n) is 13.2. The lowest BCUT2D eigenvalue weighted by atomic mass is 9.47. The van der Waals surface area contributed by atoms with Gasteiger partial charge in [0.15, 0.2) is 5.76 Å². The Bertz CT molecular complexity index is 1830. The van der Waals surface area contributed by atoms with Crippen molar-refractivity contribution in [2.45, 2.75) is 18.3 Å². The van der Waals surface area contributed by atoms with Crippen molar-refractivity contribution < 1.29 is 23.7 Å². The van der Waals surface area contributed by atoms with Crippen molar-refractivity contribution in [3.05, 3.63) is 128 Å². The number of nitro benzene ring substituents is 1. The van der Waals surface area contributed by atoms with Crippen molar-refractivity contribution in [2.75, 3.05) is 4.90 Å². The molecule has 3 aromatic carbocycles. The molecule has 4 aromatic rings. The van der Waals surface area contributed by atoms with Crippen LogP contribution in [0, 0.1) is 28.9 Å². The van der Waals surface area contributed by atoms with Crippen LogP contribution in [0.5, 0.6) is 0 Å². The summed E-state index contributed by atoms with van der Waals surface area (Å²) in [6.45, 7) is 1.72. The lowest BCUT2D eigenvalue weighted by molar-refractivity contribution is -0.384. The number of nitro groups is 1. The zero-order chi connectivity index (χ0) is 29.3. The molecular weight excluding hydrogens is 560 g/mol. The van der Waals surface area contributed by atoms with Crippen molar-refractivity contribution in [1.29, 1.82) is 0 Å². The predicted molar refractivity (Wildman–Crippen MR) is 152 cm³/mol. The number of amides is 3. The first-order chi connectivity index (χ1) is 20.2. The molecule has 0 saturated carbocycles. The first kappa shape index (κ1) is 25.8. The van der Waals surface area contributed by atoms with E-state index in [0.29, 0.717) is 5.76 Å². The van der Waals surface area contributed by atoms with Gasteiger partial charge in [0.2, 0.25) is 11.8 Å². The average Bonchev–Trinajstić information content (AvgIpc) is 3.54. The Kier molecular flexibility index (Phi) is 5.67. The van der Waals surface area contributed by atoms with Crippen LogP contribution in [-0.2, 0) is 15.0 Å². The minimum absolute atomic E-state index is 0.0709. The molecule has 1 aromatic heterocycles. The van der Waals surface area contributed by atoms with Crippen LogP contribution in [0.3, 0.4) is 0 Å². The first-order valence-corrected chi connectivity index (χ1v) is 13.5. The third kappa shape index (κ3) is 3.45. The van der Waals surface area contributed by atoms with Crippen molar-refractivity contribution in [1.82, 2.24) is 5.43 Å². The van der Waals surface area contributed by atoms with Gasteiger partial charge >= 0.3 is 5.91 Å². The fourth-order valence-corrected chi connectivity index (χ4v) is 7.09. The molecule has 1 fully saturated rings. The summed E-state index contributed by atoms with van der Waals surface area (Å²) in [5, 5.41) is 16.4. The van der Waals surface area contributed by atoms with Gasteiger partial charge < -0.3 is 4.42 Å². The quantitative estimate of drug-likeness (QED) is 0.151. The molecule has 3 amide bonds. The van der Waals surface area contributed by atoms with E-state index in [9.17, 15) is 24.5 Å². The van der Waals surface area contributed by atoms with Crippen LogP contribution in [0.1, 0.15) is 44.5 Å². The van der Waals surface area contributed by atoms with Crippen LogP contribution in [0.25, 0.3) is 0 Å². The van der Waals surface area contributed by atoms with Gasteiger partial charge in [-0.3, -0.25) is 24.5 Å². The number of imide groups is 1. The number of hydrogen-bond donors (Lipinski definition) is 1. The number of nitrogens with one attached hydrogen (secondary N) is 1. The van der Waals surface area contributed by atoms with E-state index in [1.807, 2.05) is 48.5 Å². The van der Waals surface area contributed by atoms with E-state index >= 15 is 0 Å². The number of anilines is 1. The van der Waals surface area contributed by atoms with E-state index in [0.717, 1.165) is 33.2 Å². The summed E-state index contributed by atoms with van der Waals surface area (Å²) >= 11 is 6.04. The second kappa shape index (κ2) is 9.22. The zero-order valence-electron chi connectivity index (χ0n) is 22.0. The van der Waals surface area contributed by atoms with Crippen molar-refractivity contribution in [3.8, 4) is 0 Å². The number of hydrogen-bond acceptors (Lipinski definition) is 7. The van der Waals surface area contributed by atoms with Crippen LogP contribution >= 0.6 is 11.6 Å². The average molecular weight is 581 g/mol. The van der Waals surface area contributed by atoms with Crippen LogP contribution in [-0.4, -0.2) is 28.9 Å². The second-order valence-electron chi connectivity index (χ2n) is 10.5. The van der Waals surface area contributed by atoms with E-state index in [1.165, 1.54) is 24.4 Å². The smallest absolute Gasteiger partial charge is 0.307 e. The molecule has 8 rings (SSSR count). The molecule has 2 bridgehead atoms. The monoisotopic (exact) mass is 580 g/mol. The minimum atomic E-state index is -1.26. The van der Waals surface area contributed by atoms with Crippen molar-refractivity contribution in [3.63, 3.8) is 0 Å². The van der Waals surface area contributed by atoms with Gasteiger partial charge in [-0.1, -0.05) is 60.1 Å². The third-order valence-electron chi connectivity index (χ3n) is 8.46. The maximum atomic E-state index is 14.4. The topological polar surface area (TPSA) is 135 Å². The number of benzene rings is 3. The molecule has 2 heterocycles. The number of rotatable bonds is 5. The second-order valence-corrected chi connectivity index (χ2v) is 11.0. The molecule has 0 unspecified atom stereocenters. The summed E-state index contributed by atoms with van der Waals surface area (Å²) in [6.07, 6.45) is 1.51. The number of halogens is 1. The molecule has 2 atom stereocenters. The zero-order valence-corrected chi connectivity index (χ0v) is 22.7. The highest BCUT2D eigenvalue weighted by Crippen LogP contribution is 2.64. The molecule has 10 nitrogen and oxygen atoms in total. The molecule has 1 aliphatic heterocycles. The van der Waals surface area contributed by atoms with Crippen molar-refractivity contribution in [2.24, 2.45) is 16.9 Å². The molecule has 3 aliphatic carbocycles. The molecule has 4 aliphatic rings. The third-order valence-corrected chi connectivity index (χ3v) is 8.69. The Labute approximate surface area is 243 Å². The molecule has 11 heteroatoms. The van der Waals surface area contributed by atoms with Gasteiger partial charge in [0.05, 0.1) is 22.2 Å². The number of carbonyl (C=O) groups is 3. The summed E-state index contributed by atoms with van der Waals surface area (Å²) in [7, 11) is 0. The van der Waals surface area contributed by atoms with Crippen LogP contribution in [0.4, 0.5) is 11.4 Å². The summed E-state index contributed by atoms with van der Waals surface area (Å²) in [5.41, 5.74) is 3.90. The molecule has 1 saturated heterocycles. The van der Waals surface area contributed by atoms with E-state index in [1.54, 1.807) is 13.0 Å². The van der Waals surface area contributed by atoms with E-state index in [4.69, 9.17) is 16.0 Å². The van der Waals surface area contributed by atoms with E-state index in [-0.39, 0.29) is 16.5 Å². The Morgan fingerprint density at radius 1 is 1.02 bits per heavy atom. The fraction of sp³-hybridized carbons (Fsp3) is 0.161. The molecule has 0 radical (unpaired) electrons. The maximum Gasteiger partial charge on any atom is 0.307 e. The summed E-state index contributed by atoms with van der Waals surface area (Å²) in [5.74, 6) is -3.40. The van der Waals surface area contributed by atoms with Crippen molar-refractivity contribution >= 4 is 46.9 Å². The van der Waals surface area contributed by atoms with Crippen LogP contribution in [0.2, 0.25) is 5.02 Å². The SMILES string of the molecule is Cc1ccc(C(=O)N/N=C\C23c4ccccc4C(c4ccccc42)[C@H]2C(=O)N(c4ccc(Cl)cc4[N+](=O)[O-])C(=O)[C@H]23)o1. The highest BCUT2D eigenvalue weighted by atomic mass is 35.5. The highest BCUT2D eigenvalue weighted by molar-refractivity contribution is 6.31. The Hall–Kier alpha value is -5.09. The Morgan fingerprint density at radius 3 is 2.31 bits per heavy atom. The van der Waals surface area contributed by atoms with Gasteiger partial charge in [0.1, 0.15) is 11.4 Å². The Morgan fingerprint density at radius 2 is 1.69 bits per heavy atom. The standard InChI is InChI=1S/C31H21ClN4O6/c1-16-10-13-24(42-16)28(37)34-33-15-31-20-8-4-2-6-18(20)25(19-7-3-5-9-21(19)31)26-27(31)30(39)35(29(26)38)22-12-11-17(32)14-23(22)36(40)41/h2-15,25-27H,1H3,(H,34,37)/b33-15-/t25?,26-,27+,31?/m1/s1. The molecule has 208 valence electrons. The fourth-order valence-electron chi connectivity index (χ4n) is 6.92. The van der Waals surface area contributed by atoms with Crippen LogP contribution < -0.4 is 10.3 Å². The lowest BCUT2D eigenvalue weighted by Gasteiger charge is -2.52. The number of nitrogens with zero attached hydrogens (tertiary/aromatic N) is 3. The largest absolute Gasteiger partial charge is 0.456 e. The van der Waals surface area contributed by atoms with Gasteiger partial charge in [-0.2, -0.15) is 5.10 Å². The Balaban J connectivity index is 1.42. The summed E-state index contributed by atoms with van der Waals surface area (Å²) in [4.78, 5) is 53.7. The summed E-state index contributed by atoms with van der Waals surface area (Å²) < 4.78 is 5.41. The van der Waals surface area contributed by atoms with Gasteiger partial charge in [-0.15, -0.1) is 0 Å². The van der Waals surface area contributed by atoms with Gasteiger partial charge in [0.25, 0.3) is 5.69 Å². The van der Waals surface area contributed by atoms with Gasteiger partial charge in [0, 0.05) is 23.2 Å². The number of carbonyl (C=O) groups excluding carboxylic acids is 3. The molecule has 0 spiro atoms. The van der Waals surface area contributed by atoms with Crippen LogP contribution in [0.15, 0.2) is 88.4 Å². The highest BCUT2D eigenvalue weighted by Gasteiger charge is 2.68. The summed E-state index contributed by atoms with van der Waals surface area (Å²) in [6, 6.07) is 22.1. The normalized spacial score (nSPS) is 23.6. The van der Waals surface area contributed by atoms with Gasteiger partial charge in [-0.05, 0) is 53.4 Å². The van der Waals surface area contributed by atoms with Gasteiger partial charge in [-0.25, -0.2) is 10.3 Å². The minimum Gasteiger partial charge on any atom is -0.456 e. The number of furan rings is 1. The molecule has 1 N–H and O–H groups in total. The predicted octanol–water partition coefficient (Wildman–Crippen LogP) is 5.12.